The molecule has 0 fully saturated rings. The molecule has 0 aromatic heterocycles. The van der Waals surface area contributed by atoms with E-state index in [1.54, 1.807) is 20.3 Å². The van der Waals surface area contributed by atoms with Crippen LogP contribution in [-0.2, 0) is 9.22 Å². The first kappa shape index (κ1) is 18.3. The Labute approximate surface area is 134 Å². The molecule has 1 rings (SSSR count). The zero-order valence-electron chi connectivity index (χ0n) is 14.5. The Morgan fingerprint density at radius 1 is 1.14 bits per heavy atom. The van der Waals surface area contributed by atoms with Gasteiger partial charge in [0.05, 0.1) is 14.2 Å². The van der Waals surface area contributed by atoms with Gasteiger partial charge in [0, 0.05) is 11.6 Å². The van der Waals surface area contributed by atoms with Crippen LogP contribution in [-0.4, -0.2) is 28.5 Å². The third kappa shape index (κ3) is 4.37. The molecule has 0 heterocycles. The molecule has 0 saturated heterocycles. The highest BCUT2D eigenvalue weighted by Gasteiger charge is 2.39. The topological polar surface area (TPSA) is 44.8 Å². The molecule has 0 atom stereocenters. The van der Waals surface area contributed by atoms with Crippen molar-refractivity contribution in [2.45, 2.75) is 38.9 Å². The van der Waals surface area contributed by atoms with Crippen LogP contribution in [0, 0.1) is 0 Å². The normalized spacial score (nSPS) is 12.3. The molecule has 0 N–H and O–H groups in total. The van der Waals surface area contributed by atoms with Crippen molar-refractivity contribution in [3.05, 3.63) is 29.8 Å². The summed E-state index contributed by atoms with van der Waals surface area (Å²) >= 11 is 0. The van der Waals surface area contributed by atoms with Crippen LogP contribution >= 0.6 is 0 Å². The number of rotatable bonds is 5. The summed E-state index contributed by atoms with van der Waals surface area (Å²) in [6, 6.07) is 5.52. The summed E-state index contributed by atoms with van der Waals surface area (Å²) in [5.41, 5.74) is 0.772. The largest absolute Gasteiger partial charge is 0.516 e. The molecule has 1 aromatic carbocycles. The summed E-state index contributed by atoms with van der Waals surface area (Å²) in [5.74, 6) is 0.903. The van der Waals surface area contributed by atoms with Gasteiger partial charge in [-0.2, -0.15) is 0 Å². The molecule has 122 valence electrons. The average Bonchev–Trinajstić information content (AvgIpc) is 2.42. The van der Waals surface area contributed by atoms with Gasteiger partial charge >= 0.3 is 5.97 Å². The average molecular weight is 322 g/mol. The lowest BCUT2D eigenvalue weighted by Crippen LogP contribution is -2.42. The summed E-state index contributed by atoms with van der Waals surface area (Å²) in [6.07, 6.45) is 3.13. The molecule has 0 bridgehead atoms. The van der Waals surface area contributed by atoms with E-state index in [0.29, 0.717) is 11.5 Å². The fourth-order valence-electron chi connectivity index (χ4n) is 1.64. The lowest BCUT2D eigenvalue weighted by Gasteiger charge is -2.34. The lowest BCUT2D eigenvalue weighted by molar-refractivity contribution is -0.129. The van der Waals surface area contributed by atoms with E-state index >= 15 is 0 Å². The summed E-state index contributed by atoms with van der Waals surface area (Å²) < 4.78 is 16.3. The van der Waals surface area contributed by atoms with Gasteiger partial charge in [-0.1, -0.05) is 32.9 Å². The van der Waals surface area contributed by atoms with E-state index in [2.05, 4.69) is 20.8 Å². The Morgan fingerprint density at radius 3 is 2.27 bits per heavy atom. The number of hydrogen-bond donors (Lipinski definition) is 0. The van der Waals surface area contributed by atoms with Crippen molar-refractivity contribution in [3.8, 4) is 11.5 Å². The van der Waals surface area contributed by atoms with Crippen molar-refractivity contribution in [2.75, 3.05) is 14.2 Å². The van der Waals surface area contributed by atoms with Crippen molar-refractivity contribution in [1.29, 1.82) is 0 Å². The quantitative estimate of drug-likeness (QED) is 0.600. The van der Waals surface area contributed by atoms with Crippen LogP contribution in [0.15, 0.2) is 24.3 Å². The molecule has 0 radical (unpaired) electrons. The predicted molar refractivity (Wildman–Crippen MR) is 91.9 cm³/mol. The van der Waals surface area contributed by atoms with Crippen molar-refractivity contribution in [1.82, 2.24) is 0 Å². The summed E-state index contributed by atoms with van der Waals surface area (Å²) in [7, 11) is 1.05. The highest BCUT2D eigenvalue weighted by Crippen LogP contribution is 2.37. The second-order valence-electron chi connectivity index (χ2n) is 6.60. The molecule has 0 unspecified atom stereocenters. The molecule has 0 spiro atoms. The minimum atomic E-state index is -2.10. The van der Waals surface area contributed by atoms with Crippen LogP contribution in [0.1, 0.15) is 26.3 Å². The van der Waals surface area contributed by atoms with Crippen LogP contribution in [0.3, 0.4) is 0 Å². The van der Waals surface area contributed by atoms with E-state index in [1.165, 1.54) is 6.08 Å². The Balaban J connectivity index is 2.92. The Bertz CT molecular complexity index is 556. The molecule has 0 amide bonds. The second kappa shape index (κ2) is 7.00. The highest BCUT2D eigenvalue weighted by atomic mass is 28.4. The first-order chi connectivity index (χ1) is 10.1. The molecular formula is C17H26O4Si. The van der Waals surface area contributed by atoms with E-state index in [4.69, 9.17) is 13.9 Å². The summed E-state index contributed by atoms with van der Waals surface area (Å²) in [6.45, 7) is 10.4. The Morgan fingerprint density at radius 2 is 1.77 bits per heavy atom. The first-order valence-corrected chi connectivity index (χ1v) is 10.2. The SMILES string of the molecule is COc1cccc(/C=C/C(=O)O[Si](C)(C)C(C)(C)C)c1OC. The van der Waals surface area contributed by atoms with Gasteiger partial charge in [-0.05, 0) is 30.3 Å². The fourth-order valence-corrected chi connectivity index (χ4v) is 2.52. The molecular weight excluding hydrogens is 296 g/mol. The molecule has 0 saturated carbocycles. The minimum absolute atomic E-state index is 0.00976. The van der Waals surface area contributed by atoms with Gasteiger partial charge in [0.15, 0.2) is 11.5 Å². The van der Waals surface area contributed by atoms with E-state index in [9.17, 15) is 4.79 Å². The van der Waals surface area contributed by atoms with Gasteiger partial charge in [0.1, 0.15) is 0 Å². The smallest absolute Gasteiger partial charge is 0.317 e. The van der Waals surface area contributed by atoms with Crippen molar-refractivity contribution < 1.29 is 18.7 Å². The summed E-state index contributed by atoms with van der Waals surface area (Å²) in [5, 5.41) is -0.00976. The molecule has 22 heavy (non-hydrogen) atoms. The van der Waals surface area contributed by atoms with Gasteiger partial charge < -0.3 is 13.9 Å². The van der Waals surface area contributed by atoms with E-state index in [1.807, 2.05) is 31.3 Å². The van der Waals surface area contributed by atoms with Gasteiger partial charge in [-0.25, -0.2) is 4.79 Å². The van der Waals surface area contributed by atoms with E-state index in [-0.39, 0.29) is 11.0 Å². The van der Waals surface area contributed by atoms with Gasteiger partial charge in [-0.3, -0.25) is 0 Å². The molecule has 4 nitrogen and oxygen atoms in total. The first-order valence-electron chi connectivity index (χ1n) is 7.24. The number of carbonyl (C=O) groups excluding carboxylic acids is 1. The second-order valence-corrected chi connectivity index (χ2v) is 11.3. The predicted octanol–water partition coefficient (Wildman–Crippen LogP) is 4.27. The number of benzene rings is 1. The third-order valence-electron chi connectivity index (χ3n) is 3.99. The number of para-hydroxylation sites is 1. The zero-order valence-corrected chi connectivity index (χ0v) is 15.5. The maximum atomic E-state index is 12.1. The Kier molecular flexibility index (Phi) is 5.83. The van der Waals surface area contributed by atoms with Crippen LogP contribution in [0.2, 0.25) is 18.1 Å². The monoisotopic (exact) mass is 322 g/mol. The maximum absolute atomic E-state index is 12.1. The molecule has 0 aliphatic heterocycles. The molecule has 1 aromatic rings. The van der Waals surface area contributed by atoms with Gasteiger partial charge in [-0.15, -0.1) is 0 Å². The third-order valence-corrected chi connectivity index (χ3v) is 8.32. The number of carbonyl (C=O) groups is 1. The van der Waals surface area contributed by atoms with Crippen LogP contribution in [0.4, 0.5) is 0 Å². The van der Waals surface area contributed by atoms with E-state index < -0.39 is 8.32 Å². The van der Waals surface area contributed by atoms with Crippen LogP contribution in [0.25, 0.3) is 6.08 Å². The van der Waals surface area contributed by atoms with Crippen molar-refractivity contribution >= 4 is 20.4 Å². The summed E-state index contributed by atoms with van der Waals surface area (Å²) in [4.78, 5) is 12.1. The van der Waals surface area contributed by atoms with E-state index in [0.717, 1.165) is 5.56 Å². The van der Waals surface area contributed by atoms with Crippen LogP contribution in [0.5, 0.6) is 11.5 Å². The van der Waals surface area contributed by atoms with Gasteiger partial charge in [0.2, 0.25) is 0 Å². The zero-order chi connectivity index (χ0) is 17.0. The highest BCUT2D eigenvalue weighted by molar-refractivity contribution is 6.75. The lowest BCUT2D eigenvalue weighted by atomic mass is 10.1. The van der Waals surface area contributed by atoms with Crippen LogP contribution < -0.4 is 9.47 Å². The minimum Gasteiger partial charge on any atom is -0.516 e. The maximum Gasteiger partial charge on any atom is 0.317 e. The number of ether oxygens (including phenoxy) is 2. The molecule has 0 aliphatic carbocycles. The van der Waals surface area contributed by atoms with Gasteiger partial charge in [0.25, 0.3) is 8.32 Å². The molecule has 0 aliphatic rings. The Hall–Kier alpha value is -1.75. The fraction of sp³-hybridized carbons (Fsp3) is 0.471. The standard InChI is InChI=1S/C17H26O4Si/c1-17(2,3)22(6,7)21-15(18)12-11-13-9-8-10-14(19-4)16(13)20-5/h8-12H,1-7H3/b12-11+. The molecule has 5 heteroatoms. The van der Waals surface area contributed by atoms with Crippen molar-refractivity contribution in [3.63, 3.8) is 0 Å². The number of methoxy groups -OCH3 is 2. The van der Waals surface area contributed by atoms with Crippen molar-refractivity contribution in [2.24, 2.45) is 0 Å². The number of hydrogen-bond acceptors (Lipinski definition) is 4.